The predicted octanol–water partition coefficient (Wildman–Crippen LogP) is 14.9. The zero-order valence-electron chi connectivity index (χ0n) is 71.1. The molecule has 29 nitrogen and oxygen atoms in total. The lowest BCUT2D eigenvalue weighted by atomic mass is 9.95. The Kier molecular flexibility index (Phi) is 28.4. The van der Waals surface area contributed by atoms with Crippen LogP contribution < -0.4 is 77.0 Å². The average Bonchev–Trinajstić information content (AvgIpc) is 1.41. The van der Waals surface area contributed by atoms with Crippen LogP contribution in [0.1, 0.15) is 150 Å². The zero-order valence-corrected chi connectivity index (χ0v) is 71.1. The van der Waals surface area contributed by atoms with Gasteiger partial charge in [-0.3, -0.25) is 37.9 Å². The highest BCUT2D eigenvalue weighted by Gasteiger charge is 2.33. The third-order valence-electron chi connectivity index (χ3n) is 21.8. The quantitative estimate of drug-likeness (QED) is 0.0275. The molecule has 0 saturated heterocycles. The Morgan fingerprint density at radius 3 is 0.977 bits per heavy atom. The van der Waals surface area contributed by atoms with Crippen molar-refractivity contribution >= 4 is 23.9 Å². The number of nitrogens with two attached hydrogens (primary N) is 1. The summed E-state index contributed by atoms with van der Waals surface area (Å²) in [7, 11) is 2.48. The standard InChI is InChI=1S/C28H24N2O5.C27H22N2O5.C20H16N2O5.C14H14N2O4.C14H12O2/c1-33-28(32)26-27(35-17-19-9-3-2-4-10-19)23(31)15-16-30(26)29-25-21-12-6-5-11-20(21)18-34-24-14-8-7-13-22(24)25;30-22-14-15-29(25(27(31)32)26(22)34-16-18-8-2-1-3-9-18)28-24-20-11-5-4-10-19(20)17-33-23-13-7-6-12-21(23)24;23-15-9-10-22(18(19(15)24)20(25)26)21-17-13-6-2-1-5-12(13)11-27-16-8-4-3-7-14(16)17;1-19-14(18)12-13(11(17)7-8-16(12)15)20-9-10-5-3-2-4-6-10;15-14-11-6-2-1-5-10(11)9-16-13-8-4-3-7-12(13)14/h2-16,25,29H,17-18H2,1H3;1-15,24,28H,16-17H2,(H,31,32);1-10,17,21,24H,11H2,(H,25,26);2-8H,9,15H2,1H3;1-8,14-15H,9H2. The minimum absolute atomic E-state index is 0.0175. The highest BCUT2D eigenvalue weighted by atomic mass is 16.5. The summed E-state index contributed by atoms with van der Waals surface area (Å²) < 4.78 is 55.3. The van der Waals surface area contributed by atoms with E-state index in [-0.39, 0.29) is 60.2 Å². The molecule has 0 bridgehead atoms. The first-order chi connectivity index (χ1) is 64.3. The van der Waals surface area contributed by atoms with Gasteiger partial charge in [-0.05, 0) is 85.5 Å². The number of aromatic hydroxyl groups is 1. The molecular weight excluding hydrogens is 1690 g/mol. The topological polar surface area (TPSA) is 382 Å². The Hall–Kier alpha value is -17.3. The molecule has 8 heterocycles. The van der Waals surface area contributed by atoms with E-state index in [1.54, 1.807) is 0 Å². The number of carboxylic acid groups (broad SMARTS) is 2. The molecule has 4 aliphatic rings. The number of para-hydroxylation sites is 4. The van der Waals surface area contributed by atoms with Crippen molar-refractivity contribution in [2.24, 2.45) is 0 Å². The summed E-state index contributed by atoms with van der Waals surface area (Å²) in [5.74, 6) is 3.17. The monoisotopic (exact) mass is 1770 g/mol. The number of carboxylic acids is 2. The van der Waals surface area contributed by atoms with Crippen LogP contribution in [0.2, 0.25) is 0 Å². The molecule has 0 saturated carbocycles. The van der Waals surface area contributed by atoms with Gasteiger partial charge in [-0.1, -0.05) is 261 Å². The molecule has 15 aromatic rings. The van der Waals surface area contributed by atoms with E-state index in [1.807, 2.05) is 285 Å². The van der Waals surface area contributed by atoms with Crippen molar-refractivity contribution in [3.05, 3.63) is 481 Å². The van der Waals surface area contributed by atoms with Gasteiger partial charge in [0.25, 0.3) is 0 Å². The number of nitrogens with one attached hydrogen (secondary N) is 3. The summed E-state index contributed by atoms with van der Waals surface area (Å²) in [5, 5.41) is 39.8. The molecule has 9 N–H and O–H groups in total. The van der Waals surface area contributed by atoms with E-state index < -0.39 is 75.2 Å². The van der Waals surface area contributed by atoms with Crippen LogP contribution in [0.15, 0.2) is 353 Å². The van der Waals surface area contributed by atoms with Crippen LogP contribution in [0, 0.1) is 0 Å². The van der Waals surface area contributed by atoms with Gasteiger partial charge in [0, 0.05) is 71.3 Å². The Bertz CT molecular complexity index is 6760. The van der Waals surface area contributed by atoms with Crippen molar-refractivity contribution in [2.45, 2.75) is 70.5 Å². The fourth-order valence-electron chi connectivity index (χ4n) is 15.3. The number of rotatable bonds is 19. The maximum absolute atomic E-state index is 12.9. The molecule has 4 aliphatic heterocycles. The molecule has 4 aromatic heterocycles. The lowest BCUT2D eigenvalue weighted by Crippen LogP contribution is -2.30. The summed E-state index contributed by atoms with van der Waals surface area (Å²) in [4.78, 5) is 97.4. The number of pyridine rings is 4. The second kappa shape index (κ2) is 41.9. The number of carbonyl (C=O) groups is 4. The van der Waals surface area contributed by atoms with Crippen LogP contribution in [0.25, 0.3) is 0 Å². The maximum Gasteiger partial charge on any atom is 0.360 e. The SMILES string of the molecule is COC(=O)c1c(OCc2ccccc2)c(=O)ccn1N.COC(=O)c1c(OCc2ccccc2)c(=O)ccn1NC1c2ccccc2COc2ccccc21.O=C(O)c1c(O)c(=O)ccn1NC1c2ccccc2COc2ccccc21.O=C(O)c1c(OCc2ccccc2)c(=O)ccn1NC1c2ccccc2COc2ccccc21.OC1c2ccccc2COc2ccccc21. The van der Waals surface area contributed by atoms with Crippen LogP contribution in [0.4, 0.5) is 0 Å². The number of ether oxygens (including phenoxy) is 9. The van der Waals surface area contributed by atoms with Crippen molar-refractivity contribution in [1.29, 1.82) is 0 Å². The number of nitrogen functional groups attached to an aromatic ring is 1. The number of aromatic nitrogens is 4. The lowest BCUT2D eigenvalue weighted by molar-refractivity contribution is 0.0573. The molecule has 0 amide bonds. The van der Waals surface area contributed by atoms with E-state index in [9.17, 15) is 58.8 Å². The van der Waals surface area contributed by atoms with Gasteiger partial charge in [-0.15, -0.1) is 0 Å². The summed E-state index contributed by atoms with van der Waals surface area (Å²) in [6.07, 6.45) is 4.92. The largest absolute Gasteiger partial charge is 0.502 e. The first-order valence-corrected chi connectivity index (χ1v) is 41.6. The summed E-state index contributed by atoms with van der Waals surface area (Å²) in [6.45, 7) is 2.08. The highest BCUT2D eigenvalue weighted by Crippen LogP contribution is 2.42. The minimum Gasteiger partial charge on any atom is -0.502 e. The Morgan fingerprint density at radius 1 is 0.333 bits per heavy atom. The number of fused-ring (bicyclic) bond motifs is 8. The van der Waals surface area contributed by atoms with Gasteiger partial charge in [0.15, 0.2) is 45.8 Å². The van der Waals surface area contributed by atoms with Gasteiger partial charge in [0.2, 0.25) is 21.7 Å². The van der Waals surface area contributed by atoms with Gasteiger partial charge in [0.1, 0.15) is 75.4 Å². The van der Waals surface area contributed by atoms with Crippen molar-refractivity contribution in [3.63, 3.8) is 0 Å². The first kappa shape index (κ1) is 89.5. The van der Waals surface area contributed by atoms with Crippen LogP contribution in [0.5, 0.6) is 46.0 Å². The number of aliphatic hydroxyl groups excluding tert-OH is 1. The molecule has 29 heteroatoms. The van der Waals surface area contributed by atoms with Gasteiger partial charge in [0.05, 0.1) is 32.3 Å². The second-order valence-electron chi connectivity index (χ2n) is 30.1. The minimum atomic E-state index is -1.41. The van der Waals surface area contributed by atoms with Crippen molar-refractivity contribution in [3.8, 4) is 46.0 Å². The molecule has 4 unspecified atom stereocenters. The Morgan fingerprint density at radius 2 is 0.606 bits per heavy atom. The third-order valence-corrected chi connectivity index (χ3v) is 21.8. The number of hydrogen-bond donors (Lipinski definition) is 8. The normalized spacial score (nSPS) is 14.1. The number of esters is 2. The fourth-order valence-corrected chi connectivity index (χ4v) is 15.3. The van der Waals surface area contributed by atoms with Crippen molar-refractivity contribution in [1.82, 2.24) is 18.7 Å². The van der Waals surface area contributed by atoms with Crippen LogP contribution in [-0.4, -0.2) is 77.2 Å². The van der Waals surface area contributed by atoms with Gasteiger partial charge in [-0.2, -0.15) is 0 Å². The molecule has 0 spiro atoms. The molecule has 4 atom stereocenters. The van der Waals surface area contributed by atoms with E-state index in [0.717, 1.165) is 110 Å². The predicted molar refractivity (Wildman–Crippen MR) is 490 cm³/mol. The van der Waals surface area contributed by atoms with Gasteiger partial charge in [-0.25, -0.2) is 19.2 Å². The van der Waals surface area contributed by atoms with Gasteiger partial charge >= 0.3 is 23.9 Å². The first-order valence-electron chi connectivity index (χ1n) is 41.6. The summed E-state index contributed by atoms with van der Waals surface area (Å²) in [5.41, 5.74) is 20.5. The third kappa shape index (κ3) is 20.5. The number of aromatic carboxylic acids is 2. The number of benzene rings is 11. The van der Waals surface area contributed by atoms with E-state index >= 15 is 0 Å². The molecule has 666 valence electrons. The molecule has 0 aliphatic carbocycles. The molecule has 19 rings (SSSR count). The van der Waals surface area contributed by atoms with E-state index in [0.29, 0.717) is 37.9 Å². The number of nitrogens with zero attached hydrogens (tertiary/aromatic N) is 4. The number of methoxy groups -OCH3 is 2. The second-order valence-corrected chi connectivity index (χ2v) is 30.1. The van der Waals surface area contributed by atoms with E-state index in [1.165, 1.54) is 66.6 Å². The van der Waals surface area contributed by atoms with Crippen LogP contribution >= 0.6 is 0 Å². The van der Waals surface area contributed by atoms with E-state index in [2.05, 4.69) is 21.0 Å². The number of aliphatic hydroxyl groups is 1. The lowest BCUT2D eigenvalue weighted by Gasteiger charge is -2.25. The Labute approximate surface area is 755 Å². The molecule has 0 fully saturated rings. The van der Waals surface area contributed by atoms with Crippen LogP contribution in [-0.2, 0) is 55.7 Å². The molecule has 11 aromatic carbocycles. The smallest absolute Gasteiger partial charge is 0.360 e. The maximum atomic E-state index is 12.9. The number of hydrogen-bond acceptors (Lipinski definition) is 23. The van der Waals surface area contributed by atoms with E-state index in [4.69, 9.17) is 43.7 Å². The average molecular weight is 1770 g/mol. The zero-order chi connectivity index (χ0) is 92.2. The fraction of sp³-hybridized carbons (Fsp3) is 0.126. The number of carbonyl (C=O) groups excluding carboxylic acids is 2. The Balaban J connectivity index is 0.000000129. The molecule has 0 radical (unpaired) electrons. The van der Waals surface area contributed by atoms with Gasteiger partial charge < -0.3 is 85.2 Å². The molecule has 132 heavy (non-hydrogen) atoms. The highest BCUT2D eigenvalue weighted by molar-refractivity contribution is 5.92. The van der Waals surface area contributed by atoms with Crippen LogP contribution in [0.3, 0.4) is 0 Å². The van der Waals surface area contributed by atoms with Crippen molar-refractivity contribution < 1.29 is 82.2 Å². The summed E-state index contributed by atoms with van der Waals surface area (Å²) >= 11 is 0. The van der Waals surface area contributed by atoms with Crippen molar-refractivity contribution in [2.75, 3.05) is 36.3 Å². The molecular formula is C103H88N8O21. The summed E-state index contributed by atoms with van der Waals surface area (Å²) in [6, 6.07) is 93.5.